The van der Waals surface area contributed by atoms with Crippen molar-refractivity contribution in [2.75, 3.05) is 5.88 Å². The summed E-state index contributed by atoms with van der Waals surface area (Å²) in [5, 5.41) is 3.72. The number of nitrogens with zero attached hydrogens (tertiary/aromatic N) is 3. The van der Waals surface area contributed by atoms with Crippen molar-refractivity contribution in [1.29, 1.82) is 0 Å². The van der Waals surface area contributed by atoms with Gasteiger partial charge in [0.1, 0.15) is 5.82 Å². The number of aromatic nitrogens is 3. The van der Waals surface area contributed by atoms with Crippen molar-refractivity contribution < 1.29 is 4.52 Å². The highest BCUT2D eigenvalue weighted by atomic mass is 35.5. The Balaban J connectivity index is 2.09. The zero-order chi connectivity index (χ0) is 12.4. The first-order valence-electron chi connectivity index (χ1n) is 5.78. The lowest BCUT2D eigenvalue weighted by atomic mass is 10.3. The zero-order valence-corrected chi connectivity index (χ0v) is 10.5. The molecule has 0 atom stereocenters. The Bertz CT molecular complexity index is 645. The lowest BCUT2D eigenvalue weighted by Gasteiger charge is -2.05. The van der Waals surface area contributed by atoms with Gasteiger partial charge in [0, 0.05) is 18.4 Å². The Morgan fingerprint density at radius 1 is 1.22 bits per heavy atom. The van der Waals surface area contributed by atoms with E-state index in [1.807, 2.05) is 24.3 Å². The third-order valence-corrected chi connectivity index (χ3v) is 3.05. The van der Waals surface area contributed by atoms with E-state index in [4.69, 9.17) is 16.1 Å². The van der Waals surface area contributed by atoms with E-state index >= 15 is 0 Å². The molecule has 2 aromatic heterocycles. The van der Waals surface area contributed by atoms with Gasteiger partial charge in [-0.2, -0.15) is 0 Å². The molecule has 0 saturated heterocycles. The molecule has 3 rings (SSSR count). The maximum absolute atomic E-state index is 5.83. The maximum atomic E-state index is 5.83. The summed E-state index contributed by atoms with van der Waals surface area (Å²) < 4.78 is 7.28. The quantitative estimate of drug-likeness (QED) is 0.679. The Labute approximate surface area is 109 Å². The average Bonchev–Trinajstić information content (AvgIpc) is 3.00. The van der Waals surface area contributed by atoms with Crippen LogP contribution in [0.3, 0.4) is 0 Å². The van der Waals surface area contributed by atoms with E-state index in [1.165, 1.54) is 0 Å². The monoisotopic (exact) mass is 261 g/mol. The van der Waals surface area contributed by atoms with Crippen LogP contribution in [-0.2, 0) is 13.0 Å². The maximum Gasteiger partial charge on any atom is 0.156 e. The summed E-state index contributed by atoms with van der Waals surface area (Å²) in [5.74, 6) is 2.34. The van der Waals surface area contributed by atoms with Gasteiger partial charge < -0.3 is 9.09 Å². The van der Waals surface area contributed by atoms with Crippen LogP contribution in [0.25, 0.3) is 11.0 Å². The van der Waals surface area contributed by atoms with E-state index in [1.54, 1.807) is 6.20 Å². The first kappa shape index (κ1) is 11.3. The predicted octanol–water partition coefficient (Wildman–Crippen LogP) is 2.85. The number of benzene rings is 1. The fourth-order valence-corrected chi connectivity index (χ4v) is 2.23. The van der Waals surface area contributed by atoms with Crippen molar-refractivity contribution in [1.82, 2.24) is 14.7 Å². The number of halogens is 1. The fraction of sp³-hybridized carbons (Fsp3) is 0.231. The molecule has 2 heterocycles. The summed E-state index contributed by atoms with van der Waals surface area (Å²) in [6, 6.07) is 9.91. The standard InChI is InChI=1S/C13H12ClN3O/c14-7-5-13-16-11-3-1-2-4-12(11)17(13)9-10-6-8-15-18-10/h1-4,6,8H,5,7,9H2. The molecule has 0 saturated carbocycles. The van der Waals surface area contributed by atoms with Crippen LogP contribution in [0.15, 0.2) is 41.1 Å². The van der Waals surface area contributed by atoms with Crippen molar-refractivity contribution in [2.45, 2.75) is 13.0 Å². The summed E-state index contributed by atoms with van der Waals surface area (Å²) in [4.78, 5) is 4.60. The average molecular weight is 262 g/mol. The van der Waals surface area contributed by atoms with Gasteiger partial charge in [-0.15, -0.1) is 11.6 Å². The van der Waals surface area contributed by atoms with Crippen LogP contribution in [0.5, 0.6) is 0 Å². The highest BCUT2D eigenvalue weighted by Crippen LogP contribution is 2.18. The first-order chi connectivity index (χ1) is 8.88. The number of aryl methyl sites for hydroxylation is 1. The second kappa shape index (κ2) is 4.82. The molecule has 5 heteroatoms. The largest absolute Gasteiger partial charge is 0.359 e. The van der Waals surface area contributed by atoms with Gasteiger partial charge >= 0.3 is 0 Å². The molecule has 18 heavy (non-hydrogen) atoms. The number of alkyl halides is 1. The van der Waals surface area contributed by atoms with Crippen molar-refractivity contribution in [3.8, 4) is 0 Å². The third-order valence-electron chi connectivity index (χ3n) is 2.86. The number of hydrogen-bond donors (Lipinski definition) is 0. The molecule has 92 valence electrons. The van der Waals surface area contributed by atoms with Crippen LogP contribution in [0, 0.1) is 0 Å². The predicted molar refractivity (Wildman–Crippen MR) is 69.8 cm³/mol. The molecule has 0 amide bonds. The summed E-state index contributed by atoms with van der Waals surface area (Å²) >= 11 is 5.83. The topological polar surface area (TPSA) is 43.9 Å². The molecule has 0 N–H and O–H groups in total. The van der Waals surface area contributed by atoms with Gasteiger partial charge in [0.15, 0.2) is 5.76 Å². The second-order valence-corrected chi connectivity index (χ2v) is 4.40. The molecule has 1 aromatic carbocycles. The Kier molecular flexibility index (Phi) is 3.02. The van der Waals surface area contributed by atoms with Crippen molar-refractivity contribution in [3.05, 3.63) is 48.1 Å². The van der Waals surface area contributed by atoms with E-state index < -0.39 is 0 Å². The molecule has 4 nitrogen and oxygen atoms in total. The van der Waals surface area contributed by atoms with Gasteiger partial charge in [-0.25, -0.2) is 4.98 Å². The van der Waals surface area contributed by atoms with Crippen molar-refractivity contribution in [3.63, 3.8) is 0 Å². The lowest BCUT2D eigenvalue weighted by Crippen LogP contribution is -2.05. The van der Waals surface area contributed by atoms with Crippen LogP contribution < -0.4 is 0 Å². The van der Waals surface area contributed by atoms with E-state index in [0.717, 1.165) is 29.0 Å². The molecule has 0 aliphatic rings. The summed E-state index contributed by atoms with van der Waals surface area (Å²) in [5.41, 5.74) is 2.08. The van der Waals surface area contributed by atoms with E-state index in [9.17, 15) is 0 Å². The Hall–Kier alpha value is -1.81. The smallest absolute Gasteiger partial charge is 0.156 e. The summed E-state index contributed by atoms with van der Waals surface area (Å²) in [6.45, 7) is 0.632. The molecule has 0 radical (unpaired) electrons. The van der Waals surface area contributed by atoms with Crippen LogP contribution in [0.1, 0.15) is 11.6 Å². The number of hydrogen-bond acceptors (Lipinski definition) is 3. The van der Waals surface area contributed by atoms with Gasteiger partial charge in [0.2, 0.25) is 0 Å². The second-order valence-electron chi connectivity index (χ2n) is 4.02. The molecule has 0 spiro atoms. The molecular weight excluding hydrogens is 250 g/mol. The molecule has 0 bridgehead atoms. The number of para-hydroxylation sites is 2. The molecule has 0 aliphatic carbocycles. The van der Waals surface area contributed by atoms with Gasteiger partial charge in [-0.05, 0) is 12.1 Å². The lowest BCUT2D eigenvalue weighted by molar-refractivity contribution is 0.376. The minimum absolute atomic E-state index is 0.555. The number of fused-ring (bicyclic) bond motifs is 1. The summed E-state index contributed by atoms with van der Waals surface area (Å²) in [7, 11) is 0. The molecule has 0 fully saturated rings. The van der Waals surface area contributed by atoms with Gasteiger partial charge in [0.05, 0.1) is 23.8 Å². The van der Waals surface area contributed by atoms with Gasteiger partial charge in [-0.1, -0.05) is 17.3 Å². The van der Waals surface area contributed by atoms with Crippen molar-refractivity contribution >= 4 is 22.6 Å². The Morgan fingerprint density at radius 2 is 2.11 bits per heavy atom. The highest BCUT2D eigenvalue weighted by molar-refractivity contribution is 6.17. The zero-order valence-electron chi connectivity index (χ0n) is 9.71. The van der Waals surface area contributed by atoms with Gasteiger partial charge in [0.25, 0.3) is 0 Å². The van der Waals surface area contributed by atoms with Crippen LogP contribution >= 0.6 is 11.6 Å². The minimum Gasteiger partial charge on any atom is -0.359 e. The minimum atomic E-state index is 0.555. The number of rotatable bonds is 4. The van der Waals surface area contributed by atoms with Crippen LogP contribution in [0.4, 0.5) is 0 Å². The Morgan fingerprint density at radius 3 is 2.89 bits per heavy atom. The molecule has 3 aromatic rings. The van der Waals surface area contributed by atoms with Crippen molar-refractivity contribution in [2.24, 2.45) is 0 Å². The van der Waals surface area contributed by atoms with E-state index in [2.05, 4.69) is 20.8 Å². The molecular formula is C13H12ClN3O. The number of imidazole rings is 1. The van der Waals surface area contributed by atoms with Crippen LogP contribution in [-0.4, -0.2) is 20.6 Å². The SMILES string of the molecule is ClCCc1nc2ccccc2n1Cc1ccno1. The highest BCUT2D eigenvalue weighted by Gasteiger charge is 2.11. The first-order valence-corrected chi connectivity index (χ1v) is 6.31. The molecule has 0 unspecified atom stereocenters. The van der Waals surface area contributed by atoms with Gasteiger partial charge in [-0.3, -0.25) is 0 Å². The van der Waals surface area contributed by atoms with E-state index in [0.29, 0.717) is 12.4 Å². The summed E-state index contributed by atoms with van der Waals surface area (Å²) in [6.07, 6.45) is 2.39. The normalized spacial score (nSPS) is 11.2. The van der Waals surface area contributed by atoms with E-state index in [-0.39, 0.29) is 0 Å². The fourth-order valence-electron chi connectivity index (χ4n) is 2.06. The third kappa shape index (κ3) is 1.99. The van der Waals surface area contributed by atoms with Crippen LogP contribution in [0.2, 0.25) is 0 Å². The molecule has 0 aliphatic heterocycles.